The Hall–Kier alpha value is -5.48. The van der Waals surface area contributed by atoms with Crippen molar-refractivity contribution in [1.29, 1.82) is 0 Å². The maximum atomic E-state index is 12.8. The van der Waals surface area contributed by atoms with Gasteiger partial charge in [-0.2, -0.15) is 15.1 Å². The van der Waals surface area contributed by atoms with Crippen LogP contribution in [-0.4, -0.2) is 50.8 Å². The van der Waals surface area contributed by atoms with Crippen LogP contribution in [0.5, 0.6) is 23.0 Å². The van der Waals surface area contributed by atoms with Crippen LogP contribution in [0.1, 0.15) is 61.0 Å². The summed E-state index contributed by atoms with van der Waals surface area (Å²) in [6.45, 7) is 8.97. The van der Waals surface area contributed by atoms with Crippen molar-refractivity contribution in [3.05, 3.63) is 108 Å². The highest BCUT2D eigenvalue weighted by molar-refractivity contribution is 5.94. The molecule has 0 bridgehead atoms. The molecule has 250 valence electrons. The van der Waals surface area contributed by atoms with Crippen LogP contribution in [-0.2, 0) is 14.4 Å². The van der Waals surface area contributed by atoms with E-state index in [9.17, 15) is 9.59 Å². The van der Waals surface area contributed by atoms with Gasteiger partial charge >= 0.3 is 11.9 Å². The number of hydrogen-bond donors (Lipinski definition) is 0. The minimum absolute atomic E-state index is 0.395. The van der Waals surface area contributed by atoms with Gasteiger partial charge in [0.1, 0.15) is 11.5 Å². The summed E-state index contributed by atoms with van der Waals surface area (Å²) in [7, 11) is 0. The van der Waals surface area contributed by atoms with Crippen LogP contribution in [0.15, 0.2) is 102 Å². The molecule has 0 aliphatic rings. The van der Waals surface area contributed by atoms with E-state index in [1.807, 2.05) is 56.3 Å². The zero-order valence-corrected chi connectivity index (χ0v) is 27.3. The third kappa shape index (κ3) is 11.4. The lowest BCUT2D eigenvalue weighted by molar-refractivity contribution is -0.203. The van der Waals surface area contributed by atoms with Gasteiger partial charge in [0, 0.05) is 6.08 Å². The highest BCUT2D eigenvalue weighted by atomic mass is 17.2. The van der Waals surface area contributed by atoms with Crippen molar-refractivity contribution >= 4 is 35.1 Å². The van der Waals surface area contributed by atoms with Crippen molar-refractivity contribution in [2.45, 2.75) is 39.5 Å². The third-order valence-corrected chi connectivity index (χ3v) is 6.87. The minimum Gasteiger partial charge on any atom is -0.494 e. The second-order valence-corrected chi connectivity index (χ2v) is 10.4. The molecule has 4 aromatic carbocycles. The average molecular weight is 653 g/mol. The number of benzene rings is 4. The topological polar surface area (TPSA) is 114 Å². The van der Waals surface area contributed by atoms with Gasteiger partial charge in [0.2, 0.25) is 5.75 Å². The Morgan fingerprint density at radius 1 is 0.688 bits per heavy atom. The van der Waals surface area contributed by atoms with Gasteiger partial charge in [-0.05, 0) is 122 Å². The molecule has 10 heteroatoms. The van der Waals surface area contributed by atoms with Crippen LogP contribution in [0, 0.1) is 0 Å². The SMILES string of the molecule is C=CC(=O)OCCCCCCOc1ccc(C(=O)Oc2ccc3cc(C=NN=Cc4ccc(OOCC)c(OCC)c4)ccc3c2)cc1. The lowest BCUT2D eigenvalue weighted by atomic mass is 10.1. The Morgan fingerprint density at radius 2 is 1.35 bits per heavy atom. The maximum absolute atomic E-state index is 12.8. The number of ether oxygens (including phenoxy) is 4. The van der Waals surface area contributed by atoms with E-state index in [0.717, 1.165) is 53.7 Å². The quantitative estimate of drug-likeness (QED) is 0.0191. The largest absolute Gasteiger partial charge is 0.494 e. The van der Waals surface area contributed by atoms with E-state index in [4.69, 9.17) is 28.7 Å². The van der Waals surface area contributed by atoms with Gasteiger partial charge in [0.15, 0.2) is 5.75 Å². The molecular weight excluding hydrogens is 612 g/mol. The van der Waals surface area contributed by atoms with Crippen molar-refractivity contribution in [2.24, 2.45) is 10.2 Å². The number of nitrogens with zero attached hydrogens (tertiary/aromatic N) is 2. The second-order valence-electron chi connectivity index (χ2n) is 10.4. The summed E-state index contributed by atoms with van der Waals surface area (Å²) in [6, 6.07) is 23.6. The normalized spacial score (nSPS) is 11.1. The number of rotatable bonds is 19. The smallest absolute Gasteiger partial charge is 0.343 e. The zero-order chi connectivity index (χ0) is 34.0. The highest BCUT2D eigenvalue weighted by Gasteiger charge is 2.10. The third-order valence-electron chi connectivity index (χ3n) is 6.87. The number of hydrogen-bond acceptors (Lipinski definition) is 10. The molecule has 0 fully saturated rings. The van der Waals surface area contributed by atoms with E-state index in [2.05, 4.69) is 16.8 Å². The maximum Gasteiger partial charge on any atom is 0.343 e. The number of fused-ring (bicyclic) bond motifs is 1. The molecule has 48 heavy (non-hydrogen) atoms. The standard InChI is InChI=1S/C38H40N2O8/c1-4-37(41)45-22-10-8-7-9-21-44-33-17-14-30(15-18-33)38(42)47-34-19-16-31-23-28(11-13-32(31)25-34)26-39-40-27-29-12-20-35(48-46-6-3)36(24-29)43-5-2/h4,11-20,23-27H,1,5-10,21-22H2,2-3H3. The van der Waals surface area contributed by atoms with Gasteiger partial charge in [-0.25, -0.2) is 9.59 Å². The summed E-state index contributed by atoms with van der Waals surface area (Å²) in [5.41, 5.74) is 2.09. The van der Waals surface area contributed by atoms with Gasteiger partial charge in [-0.3, -0.25) is 0 Å². The Bertz CT molecular complexity index is 1720. The van der Waals surface area contributed by atoms with Crippen LogP contribution in [0.25, 0.3) is 10.8 Å². The van der Waals surface area contributed by atoms with Crippen LogP contribution >= 0.6 is 0 Å². The van der Waals surface area contributed by atoms with E-state index in [1.54, 1.807) is 48.8 Å². The number of esters is 2. The second kappa shape index (κ2) is 19.2. The molecule has 0 unspecified atom stereocenters. The summed E-state index contributed by atoms with van der Waals surface area (Å²) in [4.78, 5) is 34.1. The molecule has 0 aromatic heterocycles. The molecule has 0 N–H and O–H groups in total. The van der Waals surface area contributed by atoms with E-state index in [0.29, 0.717) is 55.0 Å². The minimum atomic E-state index is -0.454. The molecule has 0 heterocycles. The molecule has 0 saturated carbocycles. The van der Waals surface area contributed by atoms with Gasteiger partial charge in [-0.15, -0.1) is 0 Å². The Morgan fingerprint density at radius 3 is 2.08 bits per heavy atom. The Kier molecular flexibility index (Phi) is 14.2. The Balaban J connectivity index is 1.24. The molecule has 0 atom stereocenters. The van der Waals surface area contributed by atoms with Gasteiger partial charge < -0.3 is 23.8 Å². The van der Waals surface area contributed by atoms with Crippen LogP contribution < -0.4 is 19.1 Å². The zero-order valence-electron chi connectivity index (χ0n) is 27.3. The first-order valence-corrected chi connectivity index (χ1v) is 15.9. The van der Waals surface area contributed by atoms with Crippen molar-refractivity contribution in [3.63, 3.8) is 0 Å². The lowest BCUT2D eigenvalue weighted by Crippen LogP contribution is -2.08. The summed E-state index contributed by atoms with van der Waals surface area (Å²) < 4.78 is 22.0. The molecule has 0 radical (unpaired) electrons. The van der Waals surface area contributed by atoms with Gasteiger partial charge in [-0.1, -0.05) is 24.8 Å². The van der Waals surface area contributed by atoms with E-state index >= 15 is 0 Å². The fourth-order valence-electron chi connectivity index (χ4n) is 4.48. The number of unbranched alkanes of at least 4 members (excludes halogenated alkanes) is 3. The molecular formula is C38H40N2O8. The van der Waals surface area contributed by atoms with Crippen molar-refractivity contribution < 1.29 is 38.3 Å². The lowest BCUT2D eigenvalue weighted by Gasteiger charge is -2.10. The van der Waals surface area contributed by atoms with E-state index in [1.165, 1.54) is 0 Å². The molecule has 0 spiro atoms. The molecule has 0 amide bonds. The molecule has 4 rings (SSSR count). The van der Waals surface area contributed by atoms with Crippen LogP contribution in [0.3, 0.4) is 0 Å². The summed E-state index contributed by atoms with van der Waals surface area (Å²) >= 11 is 0. The predicted molar refractivity (Wildman–Crippen MR) is 186 cm³/mol. The summed E-state index contributed by atoms with van der Waals surface area (Å²) in [6.07, 6.45) is 8.05. The average Bonchev–Trinajstić information content (AvgIpc) is 3.11. The molecule has 0 saturated heterocycles. The molecule has 0 aliphatic carbocycles. The monoisotopic (exact) mass is 652 g/mol. The first-order valence-electron chi connectivity index (χ1n) is 15.9. The van der Waals surface area contributed by atoms with Gasteiger partial charge in [0.05, 0.1) is 44.4 Å². The Labute approximate surface area is 280 Å². The fourth-order valence-corrected chi connectivity index (χ4v) is 4.48. The van der Waals surface area contributed by atoms with Gasteiger partial charge in [0.25, 0.3) is 0 Å². The fraction of sp³-hybridized carbons (Fsp3) is 0.263. The van der Waals surface area contributed by atoms with E-state index < -0.39 is 11.9 Å². The van der Waals surface area contributed by atoms with Crippen LogP contribution in [0.4, 0.5) is 0 Å². The molecule has 4 aromatic rings. The number of carbonyl (C=O) groups is 2. The summed E-state index contributed by atoms with van der Waals surface area (Å²) in [5.74, 6) is 1.33. The predicted octanol–water partition coefficient (Wildman–Crippen LogP) is 7.91. The molecule has 0 aliphatic heterocycles. The first kappa shape index (κ1) is 35.4. The van der Waals surface area contributed by atoms with Crippen molar-refractivity contribution in [1.82, 2.24) is 0 Å². The highest BCUT2D eigenvalue weighted by Crippen LogP contribution is 2.28. The number of carbonyl (C=O) groups excluding carboxylic acids is 2. The van der Waals surface area contributed by atoms with Crippen molar-refractivity contribution in [2.75, 3.05) is 26.4 Å². The van der Waals surface area contributed by atoms with Crippen molar-refractivity contribution in [3.8, 4) is 23.0 Å². The molecule has 10 nitrogen and oxygen atoms in total. The summed E-state index contributed by atoms with van der Waals surface area (Å²) in [5, 5.41) is 10.2. The van der Waals surface area contributed by atoms with Crippen LogP contribution in [0.2, 0.25) is 0 Å². The first-order chi connectivity index (χ1) is 23.5. The van der Waals surface area contributed by atoms with E-state index in [-0.39, 0.29) is 0 Å².